The zero-order chi connectivity index (χ0) is 25.8. The number of hydrogen-bond donors (Lipinski definition) is 1. The predicted octanol–water partition coefficient (Wildman–Crippen LogP) is 6.22. The number of hydrogen-bond acceptors (Lipinski definition) is 6. The van der Waals surface area contributed by atoms with Crippen molar-refractivity contribution in [2.24, 2.45) is 0 Å². The Labute approximate surface area is 218 Å². The van der Waals surface area contributed by atoms with Crippen LogP contribution in [0.3, 0.4) is 0 Å². The van der Waals surface area contributed by atoms with Gasteiger partial charge in [-0.25, -0.2) is 4.90 Å². The summed E-state index contributed by atoms with van der Waals surface area (Å²) in [7, 11) is 1.48. The van der Waals surface area contributed by atoms with E-state index in [9.17, 15) is 14.4 Å². The summed E-state index contributed by atoms with van der Waals surface area (Å²) in [5.41, 5.74) is 3.96. The van der Waals surface area contributed by atoms with Gasteiger partial charge in [0.2, 0.25) is 0 Å². The van der Waals surface area contributed by atoms with Crippen molar-refractivity contribution < 1.29 is 23.9 Å². The number of methoxy groups -OCH3 is 1. The molecule has 0 atom stereocenters. The molecule has 36 heavy (non-hydrogen) atoms. The summed E-state index contributed by atoms with van der Waals surface area (Å²) in [5, 5.41) is 2.83. The first-order valence-corrected chi connectivity index (χ1v) is 12.2. The molecule has 7 nitrogen and oxygen atoms in total. The molecule has 1 N–H and O–H groups in total. The summed E-state index contributed by atoms with van der Waals surface area (Å²) in [4.78, 5) is 39.1. The van der Waals surface area contributed by atoms with E-state index in [0.717, 1.165) is 27.8 Å². The van der Waals surface area contributed by atoms with Crippen LogP contribution in [-0.2, 0) is 9.59 Å². The molecule has 0 bridgehead atoms. The molecule has 3 aromatic rings. The number of halogens is 1. The quantitative estimate of drug-likeness (QED) is 0.370. The van der Waals surface area contributed by atoms with Gasteiger partial charge >= 0.3 is 0 Å². The number of carbonyl (C=O) groups is 3. The number of rotatable bonds is 7. The van der Waals surface area contributed by atoms with Crippen LogP contribution in [0.2, 0.25) is 5.02 Å². The van der Waals surface area contributed by atoms with Gasteiger partial charge in [0.25, 0.3) is 17.1 Å². The van der Waals surface area contributed by atoms with Crippen LogP contribution >= 0.6 is 23.4 Å². The molecule has 3 aromatic carbocycles. The Morgan fingerprint density at radius 3 is 2.56 bits per heavy atom. The van der Waals surface area contributed by atoms with Gasteiger partial charge < -0.3 is 14.8 Å². The number of nitrogens with one attached hydrogen (secondary N) is 1. The third-order valence-electron chi connectivity index (χ3n) is 5.49. The average Bonchev–Trinajstić information content (AvgIpc) is 3.12. The number of nitrogens with zero attached hydrogens (tertiary/aromatic N) is 1. The highest BCUT2D eigenvalue weighted by Crippen LogP contribution is 2.37. The van der Waals surface area contributed by atoms with Gasteiger partial charge in [-0.15, -0.1) is 0 Å². The highest BCUT2D eigenvalue weighted by Gasteiger charge is 2.36. The maximum Gasteiger partial charge on any atom is 0.298 e. The monoisotopic (exact) mass is 522 g/mol. The Hall–Kier alpha value is -3.75. The van der Waals surface area contributed by atoms with E-state index in [4.69, 9.17) is 21.1 Å². The number of thioether (sulfide) groups is 1. The third kappa shape index (κ3) is 5.72. The summed E-state index contributed by atoms with van der Waals surface area (Å²) < 4.78 is 11.1. The summed E-state index contributed by atoms with van der Waals surface area (Å²) in [6, 6.07) is 17.3. The van der Waals surface area contributed by atoms with Crippen LogP contribution in [0.1, 0.15) is 16.7 Å². The first-order chi connectivity index (χ1) is 17.2. The van der Waals surface area contributed by atoms with Crippen molar-refractivity contribution in [3.05, 3.63) is 87.3 Å². The number of anilines is 2. The summed E-state index contributed by atoms with van der Waals surface area (Å²) in [5.74, 6) is 0.0161. The Balaban J connectivity index is 1.45. The summed E-state index contributed by atoms with van der Waals surface area (Å²) >= 11 is 6.85. The van der Waals surface area contributed by atoms with Crippen LogP contribution in [0.4, 0.5) is 16.2 Å². The second kappa shape index (κ2) is 10.9. The van der Waals surface area contributed by atoms with Crippen LogP contribution in [0, 0.1) is 13.8 Å². The molecule has 4 rings (SSSR count). The molecule has 184 valence electrons. The van der Waals surface area contributed by atoms with Gasteiger partial charge in [-0.3, -0.25) is 14.4 Å². The molecule has 1 aliphatic rings. The number of aryl methyl sites for hydroxylation is 2. The minimum atomic E-state index is -0.436. The lowest BCUT2D eigenvalue weighted by atomic mass is 10.1. The maximum absolute atomic E-state index is 12.9. The normalized spacial score (nSPS) is 14.3. The first-order valence-electron chi connectivity index (χ1n) is 11.0. The molecule has 1 heterocycles. The second-order valence-electron chi connectivity index (χ2n) is 8.04. The van der Waals surface area contributed by atoms with Gasteiger partial charge in [-0.05, 0) is 90.8 Å². The van der Waals surface area contributed by atoms with Crippen molar-refractivity contribution in [3.8, 4) is 11.5 Å². The Morgan fingerprint density at radius 2 is 1.83 bits per heavy atom. The lowest BCUT2D eigenvalue weighted by molar-refractivity contribution is -0.118. The lowest BCUT2D eigenvalue weighted by Gasteiger charge is -2.13. The van der Waals surface area contributed by atoms with Crippen molar-refractivity contribution in [1.82, 2.24) is 0 Å². The molecule has 1 fully saturated rings. The molecule has 0 radical (unpaired) electrons. The number of ether oxygens (including phenoxy) is 2. The summed E-state index contributed by atoms with van der Waals surface area (Å²) in [6.45, 7) is 3.77. The maximum atomic E-state index is 12.9. The molecule has 1 aliphatic heterocycles. The minimum Gasteiger partial charge on any atom is -0.493 e. The van der Waals surface area contributed by atoms with Crippen molar-refractivity contribution in [1.29, 1.82) is 0 Å². The van der Waals surface area contributed by atoms with Gasteiger partial charge in [-0.2, -0.15) is 0 Å². The Bertz CT molecular complexity index is 1390. The van der Waals surface area contributed by atoms with Crippen LogP contribution in [-0.4, -0.2) is 30.8 Å². The number of benzene rings is 3. The molecule has 0 spiro atoms. The van der Waals surface area contributed by atoms with E-state index in [1.807, 2.05) is 32.0 Å². The van der Waals surface area contributed by atoms with Crippen LogP contribution in [0.5, 0.6) is 11.5 Å². The van der Waals surface area contributed by atoms with Crippen molar-refractivity contribution >= 4 is 57.9 Å². The molecule has 1 saturated heterocycles. The van der Waals surface area contributed by atoms with E-state index in [2.05, 4.69) is 5.32 Å². The average molecular weight is 523 g/mol. The fourth-order valence-corrected chi connectivity index (χ4v) is 4.54. The van der Waals surface area contributed by atoms with Crippen LogP contribution in [0.25, 0.3) is 6.08 Å². The molecule has 0 aliphatic carbocycles. The SMILES string of the molecule is COc1cc(/C=C2\SC(=O)N(c3cccc(Cl)c3)C2=O)ccc1OCC(=O)Nc1ccc(C)c(C)c1. The van der Waals surface area contributed by atoms with E-state index in [-0.39, 0.29) is 17.4 Å². The van der Waals surface area contributed by atoms with Gasteiger partial charge in [0, 0.05) is 10.7 Å². The zero-order valence-corrected chi connectivity index (χ0v) is 21.4. The van der Waals surface area contributed by atoms with E-state index in [1.54, 1.807) is 48.5 Å². The Morgan fingerprint density at radius 1 is 1.03 bits per heavy atom. The van der Waals surface area contributed by atoms with E-state index < -0.39 is 11.1 Å². The number of amides is 3. The van der Waals surface area contributed by atoms with Crippen LogP contribution < -0.4 is 19.7 Å². The lowest BCUT2D eigenvalue weighted by Crippen LogP contribution is -2.27. The van der Waals surface area contributed by atoms with E-state index in [1.165, 1.54) is 7.11 Å². The largest absolute Gasteiger partial charge is 0.493 e. The number of imide groups is 1. The molecule has 0 saturated carbocycles. The predicted molar refractivity (Wildman–Crippen MR) is 143 cm³/mol. The molecule has 3 amide bonds. The highest BCUT2D eigenvalue weighted by molar-refractivity contribution is 8.19. The highest BCUT2D eigenvalue weighted by atomic mass is 35.5. The Kier molecular flexibility index (Phi) is 7.67. The first kappa shape index (κ1) is 25.3. The smallest absolute Gasteiger partial charge is 0.298 e. The van der Waals surface area contributed by atoms with E-state index in [0.29, 0.717) is 33.5 Å². The van der Waals surface area contributed by atoms with Gasteiger partial charge in [0.15, 0.2) is 18.1 Å². The van der Waals surface area contributed by atoms with Gasteiger partial charge in [-0.1, -0.05) is 29.8 Å². The van der Waals surface area contributed by atoms with Crippen molar-refractivity contribution in [3.63, 3.8) is 0 Å². The van der Waals surface area contributed by atoms with Gasteiger partial charge in [0.05, 0.1) is 17.7 Å². The standard InChI is InChI=1S/C27H23ClN2O5S/c1-16-7-9-20(11-17(16)2)29-25(31)15-35-22-10-8-18(12-23(22)34-3)13-24-26(32)30(27(33)36-24)21-6-4-5-19(28)14-21/h4-14H,15H2,1-3H3,(H,29,31)/b24-13-. The third-order valence-corrected chi connectivity index (χ3v) is 6.60. The molecule has 0 unspecified atom stereocenters. The topological polar surface area (TPSA) is 84.9 Å². The fraction of sp³-hybridized carbons (Fsp3) is 0.148. The van der Waals surface area contributed by atoms with Crippen molar-refractivity contribution in [2.75, 3.05) is 23.9 Å². The summed E-state index contributed by atoms with van der Waals surface area (Å²) in [6.07, 6.45) is 1.61. The van der Waals surface area contributed by atoms with Crippen LogP contribution in [0.15, 0.2) is 65.6 Å². The molecule has 9 heteroatoms. The number of carbonyl (C=O) groups excluding carboxylic acids is 3. The second-order valence-corrected chi connectivity index (χ2v) is 9.47. The van der Waals surface area contributed by atoms with E-state index >= 15 is 0 Å². The zero-order valence-electron chi connectivity index (χ0n) is 19.8. The molecule has 0 aromatic heterocycles. The molecular weight excluding hydrogens is 500 g/mol. The van der Waals surface area contributed by atoms with Crippen molar-refractivity contribution in [2.45, 2.75) is 13.8 Å². The minimum absolute atomic E-state index is 0.207. The van der Waals surface area contributed by atoms with Gasteiger partial charge in [0.1, 0.15) is 0 Å². The fourth-order valence-electron chi connectivity index (χ4n) is 3.51. The molecular formula is C27H23ClN2O5S.